The lowest BCUT2D eigenvalue weighted by Crippen LogP contribution is -2.27. The summed E-state index contributed by atoms with van der Waals surface area (Å²) in [5, 5.41) is 2.94. The molecule has 0 saturated carbocycles. The van der Waals surface area contributed by atoms with Gasteiger partial charge in [0.1, 0.15) is 12.4 Å². The van der Waals surface area contributed by atoms with Gasteiger partial charge in [-0.3, -0.25) is 0 Å². The molecule has 6 rings (SSSR count). The van der Waals surface area contributed by atoms with E-state index in [0.29, 0.717) is 13.2 Å². The molecular weight excluding hydrogens is 520 g/mol. The Morgan fingerprint density at radius 2 is 1.48 bits per heavy atom. The molecule has 6 nitrogen and oxygen atoms in total. The van der Waals surface area contributed by atoms with Gasteiger partial charge in [0, 0.05) is 31.1 Å². The van der Waals surface area contributed by atoms with Crippen molar-refractivity contribution in [3.8, 4) is 11.1 Å². The molecule has 3 N–H and O–H groups in total. The number of carbonyl (C=O) groups excluding carboxylic acids is 1. The maximum atomic E-state index is 12.4. The number of carbonyl (C=O) groups is 1. The predicted octanol–water partition coefficient (Wildman–Crippen LogP) is 7.70. The van der Waals surface area contributed by atoms with Crippen molar-refractivity contribution in [3.63, 3.8) is 0 Å². The van der Waals surface area contributed by atoms with Gasteiger partial charge in [0.2, 0.25) is 0 Å². The second-order valence-corrected chi connectivity index (χ2v) is 11.1. The molecule has 1 aromatic heterocycles. The summed E-state index contributed by atoms with van der Waals surface area (Å²) in [7, 11) is 0. The zero-order chi connectivity index (χ0) is 28.7. The molecule has 0 atom stereocenters. The molecule has 1 heterocycles. The van der Waals surface area contributed by atoms with Gasteiger partial charge in [-0.25, -0.2) is 9.78 Å². The number of nitrogens with one attached hydrogen (secondary N) is 1. The van der Waals surface area contributed by atoms with Crippen LogP contribution in [-0.2, 0) is 17.7 Å². The number of amides is 1. The molecule has 0 saturated heterocycles. The molecule has 0 aliphatic heterocycles. The van der Waals surface area contributed by atoms with Gasteiger partial charge in [0.05, 0.1) is 11.0 Å². The van der Waals surface area contributed by atoms with Gasteiger partial charge in [-0.15, -0.1) is 0 Å². The Balaban J connectivity index is 0.918. The van der Waals surface area contributed by atoms with Crippen molar-refractivity contribution >= 4 is 22.8 Å². The van der Waals surface area contributed by atoms with E-state index in [1.165, 1.54) is 27.8 Å². The van der Waals surface area contributed by atoms with Crippen LogP contribution in [0.1, 0.15) is 60.5 Å². The number of unbranched alkanes of at least 4 members (excludes halogenated alkanes) is 4. The van der Waals surface area contributed by atoms with Crippen molar-refractivity contribution < 1.29 is 9.53 Å². The van der Waals surface area contributed by atoms with Crippen LogP contribution in [0.4, 0.5) is 10.5 Å². The number of nitrogens with two attached hydrogens (primary N) is 1. The highest BCUT2D eigenvalue weighted by Gasteiger charge is 2.28. The first kappa shape index (κ1) is 27.6. The summed E-state index contributed by atoms with van der Waals surface area (Å²) >= 11 is 0. The fraction of sp³-hybridized carbons (Fsp3) is 0.278. The van der Waals surface area contributed by atoms with E-state index in [1.54, 1.807) is 0 Å². The quantitative estimate of drug-likeness (QED) is 0.121. The summed E-state index contributed by atoms with van der Waals surface area (Å²) in [6.45, 7) is 1.78. The van der Waals surface area contributed by atoms with Crippen molar-refractivity contribution in [1.82, 2.24) is 14.9 Å². The summed E-state index contributed by atoms with van der Waals surface area (Å²) in [6.07, 6.45) is 5.93. The highest BCUT2D eigenvalue weighted by Crippen LogP contribution is 2.44. The Hall–Kier alpha value is -4.58. The number of hydrogen-bond acceptors (Lipinski definition) is 4. The molecule has 0 fully saturated rings. The van der Waals surface area contributed by atoms with Gasteiger partial charge in [-0.1, -0.05) is 98.1 Å². The zero-order valence-corrected chi connectivity index (χ0v) is 24.0. The Labute approximate surface area is 247 Å². The lowest BCUT2D eigenvalue weighted by atomic mass is 9.98. The van der Waals surface area contributed by atoms with Crippen LogP contribution in [0.3, 0.4) is 0 Å². The molecule has 0 spiro atoms. The number of alkyl carbamates (subject to hydrolysis) is 1. The van der Waals surface area contributed by atoms with Gasteiger partial charge in [-0.05, 0) is 58.9 Å². The van der Waals surface area contributed by atoms with E-state index in [0.717, 1.165) is 67.6 Å². The number of anilines is 1. The molecule has 42 heavy (non-hydrogen) atoms. The Morgan fingerprint density at radius 3 is 2.24 bits per heavy atom. The summed E-state index contributed by atoms with van der Waals surface area (Å²) in [5.74, 6) is 1.19. The predicted molar refractivity (Wildman–Crippen MR) is 170 cm³/mol. The van der Waals surface area contributed by atoms with Crippen LogP contribution in [0.2, 0.25) is 0 Å². The van der Waals surface area contributed by atoms with Gasteiger partial charge < -0.3 is 20.4 Å². The number of imidazole rings is 1. The number of aryl methyl sites for hydroxylation is 1. The molecule has 0 bridgehead atoms. The minimum atomic E-state index is -0.338. The van der Waals surface area contributed by atoms with Crippen molar-refractivity contribution in [1.29, 1.82) is 0 Å². The summed E-state index contributed by atoms with van der Waals surface area (Å²) < 4.78 is 7.97. The largest absolute Gasteiger partial charge is 0.449 e. The number of ether oxygens (including phenoxy) is 1. The van der Waals surface area contributed by atoms with Crippen LogP contribution >= 0.6 is 0 Å². The van der Waals surface area contributed by atoms with Crippen molar-refractivity contribution in [2.45, 2.75) is 51.0 Å². The average molecular weight is 559 g/mol. The topological polar surface area (TPSA) is 82.2 Å². The molecule has 6 heteroatoms. The van der Waals surface area contributed by atoms with Gasteiger partial charge >= 0.3 is 6.09 Å². The Morgan fingerprint density at radius 1 is 0.810 bits per heavy atom. The van der Waals surface area contributed by atoms with E-state index in [1.807, 2.05) is 18.2 Å². The van der Waals surface area contributed by atoms with Gasteiger partial charge in [-0.2, -0.15) is 0 Å². The van der Waals surface area contributed by atoms with Crippen LogP contribution in [0.25, 0.3) is 22.2 Å². The molecule has 0 radical (unpaired) electrons. The smallest absolute Gasteiger partial charge is 0.407 e. The molecule has 1 aliphatic carbocycles. The van der Waals surface area contributed by atoms with E-state index in [-0.39, 0.29) is 12.0 Å². The third-order valence-electron chi connectivity index (χ3n) is 8.23. The highest BCUT2D eigenvalue weighted by molar-refractivity contribution is 5.80. The van der Waals surface area contributed by atoms with E-state index in [4.69, 9.17) is 15.5 Å². The molecule has 5 aromatic rings. The number of benzene rings is 4. The highest BCUT2D eigenvalue weighted by atomic mass is 16.5. The minimum Gasteiger partial charge on any atom is -0.449 e. The molecule has 4 aromatic carbocycles. The fourth-order valence-corrected chi connectivity index (χ4v) is 6.11. The molecule has 1 aliphatic rings. The van der Waals surface area contributed by atoms with Crippen LogP contribution < -0.4 is 11.1 Å². The number of rotatable bonds is 12. The van der Waals surface area contributed by atoms with Crippen LogP contribution in [0, 0.1) is 0 Å². The summed E-state index contributed by atoms with van der Waals surface area (Å²) in [4.78, 5) is 17.4. The first-order valence-electron chi connectivity index (χ1n) is 15.0. The van der Waals surface area contributed by atoms with Crippen LogP contribution in [-0.4, -0.2) is 28.8 Å². The SMILES string of the molecule is Nc1ccc2c(c1)nc(CCCCCCCNC(=O)OCC1c3ccccc3-c3ccccc31)n2Cc1ccccc1. The number of aromatic nitrogens is 2. The van der Waals surface area contributed by atoms with Crippen molar-refractivity contribution in [3.05, 3.63) is 120 Å². The van der Waals surface area contributed by atoms with Gasteiger partial charge in [0.15, 0.2) is 0 Å². The van der Waals surface area contributed by atoms with E-state index in [9.17, 15) is 4.79 Å². The molecule has 214 valence electrons. The van der Waals surface area contributed by atoms with Crippen LogP contribution in [0.5, 0.6) is 0 Å². The second-order valence-electron chi connectivity index (χ2n) is 11.1. The summed E-state index contributed by atoms with van der Waals surface area (Å²) in [5.41, 5.74) is 15.0. The first-order chi connectivity index (χ1) is 20.7. The van der Waals surface area contributed by atoms with Gasteiger partial charge in [0.25, 0.3) is 0 Å². The standard InChI is InChI=1S/C36H38N4O2/c37-27-20-21-34-33(23-27)39-35(40(34)24-26-13-5-4-6-14-26)19-7-2-1-3-12-22-38-36(41)42-25-32-30-17-10-8-15-28(30)29-16-9-11-18-31(29)32/h4-6,8-11,13-18,20-21,23,32H,1-3,7,12,19,22,24-25,37H2,(H,38,41). The van der Waals surface area contributed by atoms with E-state index >= 15 is 0 Å². The first-order valence-corrected chi connectivity index (χ1v) is 15.0. The minimum absolute atomic E-state index is 0.0846. The number of hydrogen-bond donors (Lipinski definition) is 2. The Kier molecular flexibility index (Phi) is 8.50. The average Bonchev–Trinajstić information content (AvgIpc) is 3.52. The number of fused-ring (bicyclic) bond motifs is 4. The third-order valence-corrected chi connectivity index (χ3v) is 8.23. The maximum Gasteiger partial charge on any atom is 0.407 e. The van der Waals surface area contributed by atoms with E-state index < -0.39 is 0 Å². The molecule has 0 unspecified atom stereocenters. The van der Waals surface area contributed by atoms with Crippen molar-refractivity contribution in [2.75, 3.05) is 18.9 Å². The second kappa shape index (κ2) is 12.9. The van der Waals surface area contributed by atoms with Crippen molar-refractivity contribution in [2.24, 2.45) is 0 Å². The summed E-state index contributed by atoms with van der Waals surface area (Å²) in [6, 6.07) is 33.3. The Bertz CT molecular complexity index is 1610. The van der Waals surface area contributed by atoms with Crippen LogP contribution in [0.15, 0.2) is 97.1 Å². The zero-order valence-electron chi connectivity index (χ0n) is 24.0. The molecular formula is C36H38N4O2. The maximum absolute atomic E-state index is 12.4. The fourth-order valence-electron chi connectivity index (χ4n) is 6.11. The number of nitrogen functional groups attached to an aromatic ring is 1. The molecule has 1 amide bonds. The van der Waals surface area contributed by atoms with E-state index in [2.05, 4.69) is 88.7 Å². The lowest BCUT2D eigenvalue weighted by molar-refractivity contribution is 0.143. The monoisotopic (exact) mass is 558 g/mol. The number of nitrogens with zero attached hydrogens (tertiary/aromatic N) is 2. The normalized spacial score (nSPS) is 12.3. The lowest BCUT2D eigenvalue weighted by Gasteiger charge is -2.14. The third kappa shape index (κ3) is 6.18.